The molecule has 0 fully saturated rings. The monoisotopic (exact) mass is 418 g/mol. The van der Waals surface area contributed by atoms with Gasteiger partial charge in [-0.15, -0.1) is 11.6 Å². The molecular formula is C16H14Br2ClF. The van der Waals surface area contributed by atoms with Crippen LogP contribution in [-0.2, 0) is 12.8 Å². The zero-order chi connectivity index (χ0) is 14.5. The molecule has 0 spiro atoms. The zero-order valence-corrected chi connectivity index (χ0v) is 14.7. The lowest BCUT2D eigenvalue weighted by Crippen LogP contribution is -2.10. The first-order chi connectivity index (χ1) is 9.58. The van der Waals surface area contributed by atoms with Crippen molar-refractivity contribution in [2.45, 2.75) is 12.8 Å². The molecule has 0 saturated heterocycles. The third-order valence-electron chi connectivity index (χ3n) is 3.14. The molecule has 0 radical (unpaired) electrons. The van der Waals surface area contributed by atoms with Gasteiger partial charge in [0.1, 0.15) is 5.82 Å². The van der Waals surface area contributed by atoms with Crippen molar-refractivity contribution in [3.8, 4) is 0 Å². The third-order valence-corrected chi connectivity index (χ3v) is 4.68. The predicted molar refractivity (Wildman–Crippen MR) is 89.9 cm³/mol. The van der Waals surface area contributed by atoms with Crippen LogP contribution in [0, 0.1) is 11.7 Å². The second-order valence-electron chi connectivity index (χ2n) is 4.81. The first-order valence-corrected chi connectivity index (χ1v) is 8.45. The number of benzene rings is 2. The molecule has 0 aliphatic heterocycles. The fourth-order valence-electron chi connectivity index (χ4n) is 2.18. The topological polar surface area (TPSA) is 0 Å². The Labute approximate surface area is 140 Å². The maximum absolute atomic E-state index is 13.2. The van der Waals surface area contributed by atoms with Crippen molar-refractivity contribution < 1.29 is 4.39 Å². The lowest BCUT2D eigenvalue weighted by atomic mass is 9.94. The average molecular weight is 421 g/mol. The standard InChI is InChI=1S/C16H14Br2ClF/c17-14-3-1-2-11(8-14)6-13(10-19)7-12-4-5-16(20)15(18)9-12/h1-5,8-9,13H,6-7,10H2. The van der Waals surface area contributed by atoms with Gasteiger partial charge in [0, 0.05) is 10.4 Å². The molecule has 2 aromatic carbocycles. The number of halogens is 4. The first kappa shape index (κ1) is 16.0. The summed E-state index contributed by atoms with van der Waals surface area (Å²) in [6.45, 7) is 0. The molecule has 0 aliphatic carbocycles. The smallest absolute Gasteiger partial charge is 0.137 e. The van der Waals surface area contributed by atoms with E-state index >= 15 is 0 Å². The van der Waals surface area contributed by atoms with Gasteiger partial charge >= 0.3 is 0 Å². The van der Waals surface area contributed by atoms with E-state index < -0.39 is 0 Å². The van der Waals surface area contributed by atoms with E-state index in [0.29, 0.717) is 16.3 Å². The van der Waals surface area contributed by atoms with Crippen LogP contribution in [0.5, 0.6) is 0 Å². The van der Waals surface area contributed by atoms with Crippen LogP contribution < -0.4 is 0 Å². The molecule has 1 atom stereocenters. The Balaban J connectivity index is 2.07. The number of hydrogen-bond acceptors (Lipinski definition) is 0. The Bertz CT molecular complexity index is 586. The van der Waals surface area contributed by atoms with Crippen LogP contribution in [0.1, 0.15) is 11.1 Å². The van der Waals surface area contributed by atoms with Gasteiger partial charge in [0.05, 0.1) is 4.47 Å². The van der Waals surface area contributed by atoms with Gasteiger partial charge in [0.25, 0.3) is 0 Å². The van der Waals surface area contributed by atoms with E-state index in [0.717, 1.165) is 22.9 Å². The molecule has 0 aromatic heterocycles. The second kappa shape index (κ2) is 7.58. The van der Waals surface area contributed by atoms with Crippen molar-refractivity contribution in [1.29, 1.82) is 0 Å². The quantitative estimate of drug-likeness (QED) is 0.521. The van der Waals surface area contributed by atoms with Crippen molar-refractivity contribution in [2.75, 3.05) is 5.88 Å². The minimum absolute atomic E-state index is 0.233. The van der Waals surface area contributed by atoms with Gasteiger partial charge in [-0.05, 0) is 70.1 Å². The van der Waals surface area contributed by atoms with Gasteiger partial charge in [0.15, 0.2) is 0 Å². The Morgan fingerprint density at radius 1 is 1.00 bits per heavy atom. The molecular weight excluding hydrogens is 406 g/mol. The first-order valence-electron chi connectivity index (χ1n) is 6.33. The molecule has 20 heavy (non-hydrogen) atoms. The van der Waals surface area contributed by atoms with E-state index in [1.165, 1.54) is 11.6 Å². The minimum atomic E-state index is -0.233. The van der Waals surface area contributed by atoms with Gasteiger partial charge < -0.3 is 0 Å². The Kier molecular flexibility index (Phi) is 6.06. The summed E-state index contributed by atoms with van der Waals surface area (Å²) in [5, 5.41) is 0. The highest BCUT2D eigenvalue weighted by molar-refractivity contribution is 9.10. The van der Waals surface area contributed by atoms with E-state index in [1.807, 2.05) is 24.3 Å². The van der Waals surface area contributed by atoms with E-state index in [-0.39, 0.29) is 5.82 Å². The van der Waals surface area contributed by atoms with Crippen LogP contribution >= 0.6 is 43.5 Å². The fraction of sp³-hybridized carbons (Fsp3) is 0.250. The van der Waals surface area contributed by atoms with Gasteiger partial charge in [-0.1, -0.05) is 34.1 Å². The zero-order valence-electron chi connectivity index (χ0n) is 10.8. The minimum Gasteiger partial charge on any atom is -0.206 e. The van der Waals surface area contributed by atoms with Crippen LogP contribution in [-0.4, -0.2) is 5.88 Å². The van der Waals surface area contributed by atoms with E-state index in [1.54, 1.807) is 0 Å². The molecule has 2 rings (SSSR count). The second-order valence-corrected chi connectivity index (χ2v) is 6.89. The SMILES string of the molecule is Fc1ccc(CC(CCl)Cc2cccc(Br)c2)cc1Br. The largest absolute Gasteiger partial charge is 0.206 e. The fourth-order valence-corrected chi connectivity index (χ4v) is 3.27. The summed E-state index contributed by atoms with van der Waals surface area (Å²) in [6.07, 6.45) is 1.76. The number of alkyl halides is 1. The number of hydrogen-bond donors (Lipinski definition) is 0. The summed E-state index contributed by atoms with van der Waals surface area (Å²) < 4.78 is 14.8. The highest BCUT2D eigenvalue weighted by atomic mass is 79.9. The van der Waals surface area contributed by atoms with Gasteiger partial charge in [-0.2, -0.15) is 0 Å². The van der Waals surface area contributed by atoms with Crippen LogP contribution in [0.4, 0.5) is 4.39 Å². The van der Waals surface area contributed by atoms with E-state index in [4.69, 9.17) is 11.6 Å². The predicted octanol–water partition coefficient (Wildman–Crippen LogP) is 5.99. The number of rotatable bonds is 5. The lowest BCUT2D eigenvalue weighted by molar-refractivity contribution is 0.580. The average Bonchev–Trinajstić information content (AvgIpc) is 2.42. The third kappa shape index (κ3) is 4.57. The summed E-state index contributed by atoms with van der Waals surface area (Å²) in [7, 11) is 0. The summed E-state index contributed by atoms with van der Waals surface area (Å²) in [4.78, 5) is 0. The lowest BCUT2D eigenvalue weighted by Gasteiger charge is -2.14. The summed E-state index contributed by atoms with van der Waals surface area (Å²) in [6, 6.07) is 13.4. The Morgan fingerprint density at radius 3 is 2.30 bits per heavy atom. The molecule has 0 bridgehead atoms. The van der Waals surface area contributed by atoms with E-state index in [2.05, 4.69) is 44.0 Å². The van der Waals surface area contributed by atoms with Gasteiger partial charge in [-0.3, -0.25) is 0 Å². The van der Waals surface area contributed by atoms with Crippen LogP contribution in [0.2, 0.25) is 0 Å². The van der Waals surface area contributed by atoms with Crippen molar-refractivity contribution >= 4 is 43.5 Å². The highest BCUT2D eigenvalue weighted by Crippen LogP contribution is 2.22. The highest BCUT2D eigenvalue weighted by Gasteiger charge is 2.11. The van der Waals surface area contributed by atoms with Crippen LogP contribution in [0.15, 0.2) is 51.4 Å². The van der Waals surface area contributed by atoms with Crippen molar-refractivity contribution in [3.63, 3.8) is 0 Å². The summed E-state index contributed by atoms with van der Waals surface area (Å²) in [5.41, 5.74) is 2.35. The molecule has 0 N–H and O–H groups in total. The molecule has 1 unspecified atom stereocenters. The normalized spacial score (nSPS) is 12.4. The van der Waals surface area contributed by atoms with Gasteiger partial charge in [-0.25, -0.2) is 4.39 Å². The molecule has 0 saturated carbocycles. The van der Waals surface area contributed by atoms with Crippen LogP contribution in [0.25, 0.3) is 0 Å². The Morgan fingerprint density at radius 2 is 1.70 bits per heavy atom. The van der Waals surface area contributed by atoms with Crippen LogP contribution in [0.3, 0.4) is 0 Å². The summed E-state index contributed by atoms with van der Waals surface area (Å²) in [5.74, 6) is 0.688. The Hall–Kier alpha value is -0.380. The maximum Gasteiger partial charge on any atom is 0.137 e. The van der Waals surface area contributed by atoms with E-state index in [9.17, 15) is 4.39 Å². The molecule has 0 amide bonds. The molecule has 106 valence electrons. The molecule has 2 aromatic rings. The molecule has 0 heterocycles. The maximum atomic E-state index is 13.2. The van der Waals surface area contributed by atoms with Crippen molar-refractivity contribution in [2.24, 2.45) is 5.92 Å². The van der Waals surface area contributed by atoms with Crippen molar-refractivity contribution in [3.05, 3.63) is 68.4 Å². The summed E-state index contributed by atoms with van der Waals surface area (Å²) >= 11 is 12.8. The van der Waals surface area contributed by atoms with Crippen molar-refractivity contribution in [1.82, 2.24) is 0 Å². The molecule has 0 aliphatic rings. The molecule has 0 nitrogen and oxygen atoms in total. The molecule has 4 heteroatoms. The van der Waals surface area contributed by atoms with Gasteiger partial charge in [0.2, 0.25) is 0 Å².